The highest BCUT2D eigenvalue weighted by Gasteiger charge is 2.15. The van der Waals surface area contributed by atoms with E-state index in [-0.39, 0.29) is 18.1 Å². The van der Waals surface area contributed by atoms with Crippen molar-refractivity contribution in [3.05, 3.63) is 78.8 Å². The largest absolute Gasteiger partial charge is 0.366 e. The molecule has 1 aromatic carbocycles. The van der Waals surface area contributed by atoms with Gasteiger partial charge < -0.3 is 5.32 Å². The summed E-state index contributed by atoms with van der Waals surface area (Å²) in [5.74, 6) is 0.0722. The highest BCUT2D eigenvalue weighted by atomic mass is 19.1. The maximum Gasteiger partial charge on any atom is 0.252 e. The van der Waals surface area contributed by atoms with Crippen molar-refractivity contribution in [2.24, 2.45) is 0 Å². The highest BCUT2D eigenvalue weighted by molar-refractivity contribution is 5.83. The average molecular weight is 336 g/mol. The number of anilines is 1. The van der Waals surface area contributed by atoms with Crippen molar-refractivity contribution in [3.63, 3.8) is 0 Å². The van der Waals surface area contributed by atoms with Gasteiger partial charge in [-0.15, -0.1) is 6.58 Å². The summed E-state index contributed by atoms with van der Waals surface area (Å²) >= 11 is 0. The molecule has 0 radical (unpaired) electrons. The third-order valence-corrected chi connectivity index (χ3v) is 3.58. The van der Waals surface area contributed by atoms with Crippen LogP contribution in [0.5, 0.6) is 0 Å². The summed E-state index contributed by atoms with van der Waals surface area (Å²) in [5.41, 5.74) is 2.17. The number of halogens is 1. The van der Waals surface area contributed by atoms with Gasteiger partial charge >= 0.3 is 0 Å². The fraction of sp³-hybridized carbons (Fsp3) is 0.105. The second kappa shape index (κ2) is 7.53. The zero-order valence-corrected chi connectivity index (χ0v) is 13.5. The van der Waals surface area contributed by atoms with Crippen molar-refractivity contribution in [2.75, 3.05) is 5.32 Å². The maximum atomic E-state index is 13.0. The molecule has 0 atom stereocenters. The van der Waals surface area contributed by atoms with Gasteiger partial charge in [0, 0.05) is 25.2 Å². The van der Waals surface area contributed by atoms with E-state index in [0.717, 1.165) is 5.56 Å². The topological polar surface area (TPSA) is 59.8 Å². The smallest absolute Gasteiger partial charge is 0.252 e. The summed E-state index contributed by atoms with van der Waals surface area (Å²) in [5, 5.41) is 7.53. The summed E-state index contributed by atoms with van der Waals surface area (Å²) in [7, 11) is 0. The van der Waals surface area contributed by atoms with Gasteiger partial charge in [0.25, 0.3) is 5.91 Å². The molecule has 0 saturated heterocycles. The first kappa shape index (κ1) is 16.6. The van der Waals surface area contributed by atoms with Gasteiger partial charge in [-0.1, -0.05) is 24.3 Å². The molecule has 2 aromatic heterocycles. The number of allylic oxidation sites excluding steroid dienone is 1. The van der Waals surface area contributed by atoms with E-state index in [9.17, 15) is 9.18 Å². The molecular formula is C19H17FN4O. The van der Waals surface area contributed by atoms with Crippen LogP contribution in [0, 0.1) is 5.82 Å². The number of benzene rings is 1. The lowest BCUT2D eigenvalue weighted by Crippen LogP contribution is -2.15. The first-order chi connectivity index (χ1) is 12.2. The quantitative estimate of drug-likeness (QED) is 0.693. The fourth-order valence-corrected chi connectivity index (χ4v) is 2.34. The van der Waals surface area contributed by atoms with E-state index in [2.05, 4.69) is 22.0 Å². The van der Waals surface area contributed by atoms with Crippen LogP contribution in [-0.4, -0.2) is 20.7 Å². The Balaban J connectivity index is 1.87. The lowest BCUT2D eigenvalue weighted by Gasteiger charge is -2.08. The number of carbonyl (C=O) groups excluding carboxylic acids is 1. The zero-order valence-electron chi connectivity index (χ0n) is 13.5. The van der Waals surface area contributed by atoms with Crippen molar-refractivity contribution in [1.82, 2.24) is 14.8 Å². The molecule has 2 heterocycles. The monoisotopic (exact) mass is 336 g/mol. The van der Waals surface area contributed by atoms with Gasteiger partial charge in [-0.2, -0.15) is 9.78 Å². The third-order valence-electron chi connectivity index (χ3n) is 3.58. The summed E-state index contributed by atoms with van der Waals surface area (Å²) in [6.07, 6.45) is 3.38. The molecule has 1 N–H and O–H groups in total. The average Bonchev–Trinajstić information content (AvgIpc) is 3.07. The van der Waals surface area contributed by atoms with Gasteiger partial charge in [-0.25, -0.2) is 4.39 Å². The van der Waals surface area contributed by atoms with E-state index < -0.39 is 0 Å². The summed E-state index contributed by atoms with van der Waals surface area (Å²) < 4.78 is 14.3. The molecule has 0 fully saturated rings. The number of carbonyl (C=O) groups is 1. The van der Waals surface area contributed by atoms with Crippen LogP contribution in [0.4, 0.5) is 10.2 Å². The van der Waals surface area contributed by atoms with Crippen LogP contribution < -0.4 is 5.32 Å². The summed E-state index contributed by atoms with van der Waals surface area (Å²) in [6, 6.07) is 13.5. The SMILES string of the molecule is C=CCC(=O)n1nc(-c2ccccn2)cc1NCc1ccc(F)cc1. The van der Waals surface area contributed by atoms with Crippen molar-refractivity contribution in [3.8, 4) is 11.4 Å². The molecule has 0 spiro atoms. The lowest BCUT2D eigenvalue weighted by atomic mass is 10.2. The lowest BCUT2D eigenvalue weighted by molar-refractivity contribution is 0.0904. The van der Waals surface area contributed by atoms with Crippen LogP contribution in [0.1, 0.15) is 16.8 Å². The minimum Gasteiger partial charge on any atom is -0.366 e. The Bertz CT molecular complexity index is 872. The Kier molecular flexibility index (Phi) is 4.99. The van der Waals surface area contributed by atoms with Crippen LogP contribution in [0.3, 0.4) is 0 Å². The molecule has 0 aliphatic rings. The van der Waals surface area contributed by atoms with Crippen LogP contribution in [0.15, 0.2) is 67.4 Å². The molecule has 0 amide bonds. The molecule has 0 bridgehead atoms. The van der Waals surface area contributed by atoms with E-state index in [1.54, 1.807) is 24.4 Å². The molecule has 126 valence electrons. The van der Waals surface area contributed by atoms with Gasteiger partial charge in [0.1, 0.15) is 17.3 Å². The number of nitrogens with one attached hydrogen (secondary N) is 1. The van der Waals surface area contributed by atoms with Gasteiger partial charge in [0.15, 0.2) is 0 Å². The second-order valence-corrected chi connectivity index (χ2v) is 5.41. The number of nitrogens with zero attached hydrogens (tertiary/aromatic N) is 3. The first-order valence-electron chi connectivity index (χ1n) is 7.81. The van der Waals surface area contributed by atoms with Crippen molar-refractivity contribution in [1.29, 1.82) is 0 Å². The van der Waals surface area contributed by atoms with Crippen LogP contribution in [0.2, 0.25) is 0 Å². The molecule has 0 aliphatic carbocycles. The van der Waals surface area contributed by atoms with Crippen LogP contribution >= 0.6 is 0 Å². The van der Waals surface area contributed by atoms with E-state index >= 15 is 0 Å². The molecule has 0 aliphatic heterocycles. The van der Waals surface area contributed by atoms with E-state index in [1.165, 1.54) is 22.9 Å². The van der Waals surface area contributed by atoms with Gasteiger partial charge in [-0.05, 0) is 29.8 Å². The van der Waals surface area contributed by atoms with E-state index in [0.29, 0.717) is 23.8 Å². The Morgan fingerprint density at radius 3 is 2.68 bits per heavy atom. The Hall–Kier alpha value is -3.28. The summed E-state index contributed by atoms with van der Waals surface area (Å²) in [4.78, 5) is 16.5. The minimum absolute atomic E-state index is 0.175. The third kappa shape index (κ3) is 3.98. The summed E-state index contributed by atoms with van der Waals surface area (Å²) in [6.45, 7) is 4.03. The fourth-order valence-electron chi connectivity index (χ4n) is 2.34. The van der Waals surface area contributed by atoms with Gasteiger partial charge in [-0.3, -0.25) is 9.78 Å². The van der Waals surface area contributed by atoms with E-state index in [4.69, 9.17) is 0 Å². The number of hydrogen-bond donors (Lipinski definition) is 1. The minimum atomic E-state index is -0.285. The molecule has 5 nitrogen and oxygen atoms in total. The highest BCUT2D eigenvalue weighted by Crippen LogP contribution is 2.21. The predicted molar refractivity (Wildman–Crippen MR) is 94.6 cm³/mol. The molecule has 6 heteroatoms. The maximum absolute atomic E-state index is 13.0. The zero-order chi connectivity index (χ0) is 17.6. The van der Waals surface area contributed by atoms with E-state index in [1.807, 2.05) is 18.2 Å². The van der Waals surface area contributed by atoms with Gasteiger partial charge in [0.05, 0.1) is 5.69 Å². The normalized spacial score (nSPS) is 10.4. The van der Waals surface area contributed by atoms with Crippen LogP contribution in [0.25, 0.3) is 11.4 Å². The molecule has 0 unspecified atom stereocenters. The number of rotatable bonds is 6. The molecule has 0 saturated carbocycles. The van der Waals surface area contributed by atoms with Crippen molar-refractivity contribution >= 4 is 11.7 Å². The Morgan fingerprint density at radius 1 is 1.20 bits per heavy atom. The van der Waals surface area contributed by atoms with Gasteiger partial charge in [0.2, 0.25) is 0 Å². The van der Waals surface area contributed by atoms with Crippen molar-refractivity contribution < 1.29 is 9.18 Å². The number of hydrogen-bond acceptors (Lipinski definition) is 4. The number of pyridine rings is 1. The standard InChI is InChI=1S/C19H17FN4O/c1-2-5-19(25)24-18(22-13-14-7-9-15(20)10-8-14)12-17(23-24)16-6-3-4-11-21-16/h2-4,6-12,22H,1,5,13H2. The van der Waals surface area contributed by atoms with Crippen LogP contribution in [-0.2, 0) is 6.54 Å². The predicted octanol–water partition coefficient (Wildman–Crippen LogP) is 3.91. The molecule has 3 rings (SSSR count). The molecule has 3 aromatic rings. The molecular weight excluding hydrogens is 319 g/mol. The van der Waals surface area contributed by atoms with Crippen molar-refractivity contribution in [2.45, 2.75) is 13.0 Å². The Morgan fingerprint density at radius 2 is 2.00 bits per heavy atom. The Labute approximate surface area is 144 Å². The molecule has 25 heavy (non-hydrogen) atoms. The first-order valence-corrected chi connectivity index (χ1v) is 7.81. The number of aromatic nitrogens is 3. The second-order valence-electron chi connectivity index (χ2n) is 5.41.